The van der Waals surface area contributed by atoms with Crippen LogP contribution in [0.2, 0.25) is 4.47 Å². The van der Waals surface area contributed by atoms with E-state index in [9.17, 15) is 4.39 Å². The minimum Gasteiger partial charge on any atom is -0.463 e. The van der Waals surface area contributed by atoms with E-state index in [0.29, 0.717) is 16.1 Å². The quantitative estimate of drug-likeness (QED) is 0.778. The van der Waals surface area contributed by atoms with E-state index in [-0.39, 0.29) is 0 Å². The number of alkyl halides is 1. The number of hydrogen-bond donors (Lipinski definition) is 0. The van der Waals surface area contributed by atoms with Crippen LogP contribution in [0.4, 0.5) is 4.39 Å². The summed E-state index contributed by atoms with van der Waals surface area (Å²) >= 11 is 7.51. The van der Waals surface area contributed by atoms with Crippen LogP contribution in [0.15, 0.2) is 24.3 Å². The maximum Gasteiger partial charge on any atom is 0.228 e. The smallest absolute Gasteiger partial charge is 0.228 e. The Morgan fingerprint density at radius 1 is 1.42 bits per heavy atom. The van der Waals surface area contributed by atoms with E-state index in [1.54, 1.807) is 12.1 Å². The fourth-order valence-electron chi connectivity index (χ4n) is 1.85. The van der Waals surface area contributed by atoms with Gasteiger partial charge in [0.2, 0.25) is 6.86 Å². The van der Waals surface area contributed by atoms with Gasteiger partial charge in [0.15, 0.2) is 4.47 Å². The van der Waals surface area contributed by atoms with E-state index in [1.165, 1.54) is 11.3 Å². The Morgan fingerprint density at radius 2 is 2.21 bits per heavy atom. The Hall–Kier alpha value is -1.13. The second kappa shape index (κ2) is 6.35. The maximum absolute atomic E-state index is 12.2. The summed E-state index contributed by atoms with van der Waals surface area (Å²) in [5.74, 6) is 1.03. The van der Waals surface area contributed by atoms with E-state index < -0.39 is 6.86 Å². The molecule has 1 aromatic carbocycles. The predicted molar refractivity (Wildman–Crippen MR) is 77.7 cm³/mol. The van der Waals surface area contributed by atoms with Gasteiger partial charge in [-0.3, -0.25) is 0 Å². The molecule has 0 aliphatic carbocycles. The third kappa shape index (κ3) is 3.67. The molecule has 0 fully saturated rings. The summed E-state index contributed by atoms with van der Waals surface area (Å²) in [6.45, 7) is 3.47. The van der Waals surface area contributed by atoms with E-state index in [4.69, 9.17) is 16.3 Å². The van der Waals surface area contributed by atoms with E-state index in [2.05, 4.69) is 18.8 Å². The van der Waals surface area contributed by atoms with Crippen LogP contribution in [0.5, 0.6) is 5.75 Å². The molecule has 19 heavy (non-hydrogen) atoms. The van der Waals surface area contributed by atoms with Crippen LogP contribution in [0.25, 0.3) is 11.3 Å². The van der Waals surface area contributed by atoms with Gasteiger partial charge in [-0.25, -0.2) is 9.37 Å². The lowest BCUT2D eigenvalue weighted by Crippen LogP contribution is -1.94. The van der Waals surface area contributed by atoms with Crippen LogP contribution in [-0.4, -0.2) is 11.8 Å². The maximum atomic E-state index is 12.2. The summed E-state index contributed by atoms with van der Waals surface area (Å²) < 4.78 is 17.6. The highest BCUT2D eigenvalue weighted by molar-refractivity contribution is 7.16. The topological polar surface area (TPSA) is 22.1 Å². The van der Waals surface area contributed by atoms with Crippen LogP contribution < -0.4 is 4.74 Å². The molecule has 0 N–H and O–H groups in total. The molecule has 2 nitrogen and oxygen atoms in total. The molecular formula is C14H15ClFNOS. The Balaban J connectivity index is 2.37. The number of thiazole rings is 1. The molecule has 2 rings (SSSR count). The SMILES string of the molecule is CC(C)Cc1sc(Cl)nc1-c1cccc(OCF)c1. The van der Waals surface area contributed by atoms with E-state index in [1.807, 2.05) is 12.1 Å². The number of rotatable bonds is 5. The summed E-state index contributed by atoms with van der Waals surface area (Å²) in [6, 6.07) is 7.26. The second-order valence-corrected chi connectivity index (χ2v) is 6.28. The zero-order valence-electron chi connectivity index (χ0n) is 10.8. The average Bonchev–Trinajstić information content (AvgIpc) is 2.70. The molecule has 0 radical (unpaired) electrons. The molecule has 0 amide bonds. The number of ether oxygens (including phenoxy) is 1. The van der Waals surface area contributed by atoms with Crippen LogP contribution in [0.3, 0.4) is 0 Å². The number of benzene rings is 1. The van der Waals surface area contributed by atoms with Crippen molar-refractivity contribution in [1.29, 1.82) is 0 Å². The molecule has 0 atom stereocenters. The van der Waals surface area contributed by atoms with Gasteiger partial charge in [0, 0.05) is 10.4 Å². The molecule has 1 heterocycles. The number of aromatic nitrogens is 1. The van der Waals surface area contributed by atoms with Crippen molar-refractivity contribution in [1.82, 2.24) is 4.98 Å². The molecule has 0 unspecified atom stereocenters. The fraction of sp³-hybridized carbons (Fsp3) is 0.357. The van der Waals surface area contributed by atoms with Gasteiger partial charge in [-0.2, -0.15) is 0 Å². The van der Waals surface area contributed by atoms with Crippen molar-refractivity contribution in [3.05, 3.63) is 33.6 Å². The largest absolute Gasteiger partial charge is 0.463 e. The highest BCUT2D eigenvalue weighted by Crippen LogP contribution is 2.34. The molecule has 0 saturated carbocycles. The first-order valence-electron chi connectivity index (χ1n) is 6.04. The third-order valence-corrected chi connectivity index (χ3v) is 3.78. The van der Waals surface area contributed by atoms with Gasteiger partial charge in [-0.15, -0.1) is 11.3 Å². The van der Waals surface area contributed by atoms with Crippen molar-refractivity contribution in [3.8, 4) is 17.0 Å². The van der Waals surface area contributed by atoms with Crippen LogP contribution in [-0.2, 0) is 6.42 Å². The van der Waals surface area contributed by atoms with Gasteiger partial charge in [0.1, 0.15) is 5.75 Å². The van der Waals surface area contributed by atoms with Gasteiger partial charge in [0.05, 0.1) is 5.69 Å². The van der Waals surface area contributed by atoms with Gasteiger partial charge < -0.3 is 4.74 Å². The molecule has 5 heteroatoms. The Kier molecular flexibility index (Phi) is 4.77. The van der Waals surface area contributed by atoms with Crippen molar-refractivity contribution >= 4 is 22.9 Å². The lowest BCUT2D eigenvalue weighted by atomic mass is 10.0. The summed E-state index contributed by atoms with van der Waals surface area (Å²) in [4.78, 5) is 5.52. The Bertz CT molecular complexity index is 556. The molecule has 0 spiro atoms. The summed E-state index contributed by atoms with van der Waals surface area (Å²) in [7, 11) is 0. The zero-order valence-corrected chi connectivity index (χ0v) is 12.4. The van der Waals surface area contributed by atoms with E-state index in [0.717, 1.165) is 22.6 Å². The van der Waals surface area contributed by atoms with Crippen molar-refractivity contribution < 1.29 is 9.13 Å². The molecule has 1 aromatic heterocycles. The summed E-state index contributed by atoms with van der Waals surface area (Å²) in [6.07, 6.45) is 0.925. The van der Waals surface area contributed by atoms with E-state index >= 15 is 0 Å². The van der Waals surface area contributed by atoms with Crippen molar-refractivity contribution in [2.24, 2.45) is 5.92 Å². The highest BCUT2D eigenvalue weighted by Gasteiger charge is 2.14. The molecule has 0 bridgehead atoms. The average molecular weight is 300 g/mol. The van der Waals surface area contributed by atoms with Crippen LogP contribution in [0.1, 0.15) is 18.7 Å². The molecule has 2 aromatic rings. The third-order valence-electron chi connectivity index (χ3n) is 2.59. The summed E-state index contributed by atoms with van der Waals surface area (Å²) in [5, 5.41) is 0. The van der Waals surface area contributed by atoms with Gasteiger partial charge in [-0.05, 0) is 24.5 Å². The van der Waals surface area contributed by atoms with Gasteiger partial charge in [0.25, 0.3) is 0 Å². The minimum atomic E-state index is -0.833. The zero-order chi connectivity index (χ0) is 13.8. The first kappa shape index (κ1) is 14.3. The lowest BCUT2D eigenvalue weighted by molar-refractivity contribution is 0.192. The first-order chi connectivity index (χ1) is 9.10. The Morgan fingerprint density at radius 3 is 2.89 bits per heavy atom. The second-order valence-electron chi connectivity index (χ2n) is 4.62. The van der Waals surface area contributed by atoms with Crippen molar-refractivity contribution in [3.63, 3.8) is 0 Å². The van der Waals surface area contributed by atoms with Gasteiger partial charge in [-0.1, -0.05) is 37.6 Å². The normalized spacial score (nSPS) is 11.0. The molecule has 0 saturated heterocycles. The van der Waals surface area contributed by atoms with Crippen molar-refractivity contribution in [2.75, 3.05) is 6.86 Å². The predicted octanol–water partition coefficient (Wildman–Crippen LogP) is 4.97. The van der Waals surface area contributed by atoms with Crippen LogP contribution >= 0.6 is 22.9 Å². The molecule has 102 valence electrons. The van der Waals surface area contributed by atoms with Gasteiger partial charge >= 0.3 is 0 Å². The first-order valence-corrected chi connectivity index (χ1v) is 7.24. The minimum absolute atomic E-state index is 0.500. The monoisotopic (exact) mass is 299 g/mol. The lowest BCUT2D eigenvalue weighted by Gasteiger charge is -2.07. The Labute approximate surface area is 121 Å². The number of nitrogens with zero attached hydrogens (tertiary/aromatic N) is 1. The van der Waals surface area contributed by atoms with Crippen molar-refractivity contribution in [2.45, 2.75) is 20.3 Å². The number of halogens is 2. The van der Waals surface area contributed by atoms with Crippen LogP contribution in [0, 0.1) is 5.92 Å². The molecule has 0 aliphatic heterocycles. The fourth-order valence-corrected chi connectivity index (χ4v) is 3.23. The standard InChI is InChI=1S/C14H15ClFNOS/c1-9(2)6-12-13(17-14(15)19-12)10-4-3-5-11(7-10)18-8-16/h3-5,7,9H,6,8H2,1-2H3. The summed E-state index contributed by atoms with van der Waals surface area (Å²) in [5.41, 5.74) is 1.78. The molecule has 0 aliphatic rings. The highest BCUT2D eigenvalue weighted by atomic mass is 35.5. The molecular weight excluding hydrogens is 285 g/mol. The number of hydrogen-bond acceptors (Lipinski definition) is 3.